The molecule has 0 N–H and O–H groups in total. The molecule has 0 bridgehead atoms. The van der Waals surface area contributed by atoms with Crippen molar-refractivity contribution in [3.63, 3.8) is 0 Å². The summed E-state index contributed by atoms with van der Waals surface area (Å²) in [6.45, 7) is 1.41. The maximum Gasteiger partial charge on any atom is 0.308 e. The number of carbonyl (C=O) groups excluding carboxylic acids is 1. The van der Waals surface area contributed by atoms with Gasteiger partial charge in [0, 0.05) is 17.7 Å². The monoisotopic (exact) mass is 276 g/mol. The smallest absolute Gasteiger partial charge is 0.308 e. The molecular weight excluding hydrogens is 264 g/mol. The number of rotatable bonds is 1. The van der Waals surface area contributed by atoms with Crippen molar-refractivity contribution in [1.29, 1.82) is 0 Å². The average Bonchev–Trinajstić information content (AvgIpc) is 2.95. The van der Waals surface area contributed by atoms with Gasteiger partial charge in [0.05, 0.1) is 12.5 Å². The van der Waals surface area contributed by atoms with Crippen LogP contribution in [0.4, 0.5) is 0 Å². The molecule has 0 aliphatic heterocycles. The minimum absolute atomic E-state index is 0.328. The normalized spacial score (nSPS) is 11.3. The Morgan fingerprint density at radius 3 is 2.71 bits per heavy atom. The summed E-state index contributed by atoms with van der Waals surface area (Å²) >= 11 is 0. The van der Waals surface area contributed by atoms with E-state index in [1.54, 1.807) is 12.5 Å². The van der Waals surface area contributed by atoms with Crippen molar-refractivity contribution in [2.24, 2.45) is 0 Å². The fourth-order valence-electron chi connectivity index (χ4n) is 2.86. The molecule has 4 aromatic rings. The van der Waals surface area contributed by atoms with Crippen molar-refractivity contribution in [3.05, 3.63) is 55.0 Å². The van der Waals surface area contributed by atoms with Crippen LogP contribution in [0.15, 0.2) is 59.4 Å². The molecular formula is C18H12O3. The minimum Gasteiger partial charge on any atom is -0.472 e. The maximum atomic E-state index is 11.4. The van der Waals surface area contributed by atoms with Gasteiger partial charge in [-0.1, -0.05) is 30.3 Å². The van der Waals surface area contributed by atoms with E-state index >= 15 is 0 Å². The van der Waals surface area contributed by atoms with Gasteiger partial charge in [-0.3, -0.25) is 4.79 Å². The molecule has 1 heterocycles. The lowest BCUT2D eigenvalue weighted by molar-refractivity contribution is -0.131. The van der Waals surface area contributed by atoms with Crippen LogP contribution in [0.2, 0.25) is 0 Å². The van der Waals surface area contributed by atoms with Gasteiger partial charge in [0.1, 0.15) is 5.75 Å². The van der Waals surface area contributed by atoms with Crippen molar-refractivity contribution in [3.8, 4) is 5.75 Å². The highest BCUT2D eigenvalue weighted by molar-refractivity contribution is 6.19. The largest absolute Gasteiger partial charge is 0.472 e. The third-order valence-electron chi connectivity index (χ3n) is 3.73. The number of benzene rings is 2. The first-order valence-electron chi connectivity index (χ1n) is 6.73. The van der Waals surface area contributed by atoms with Crippen LogP contribution in [0.25, 0.3) is 32.3 Å². The fourth-order valence-corrected chi connectivity index (χ4v) is 2.86. The third kappa shape index (κ3) is 1.78. The lowest BCUT2D eigenvalue weighted by Gasteiger charge is -2.10. The van der Waals surface area contributed by atoms with E-state index in [2.05, 4.69) is 24.3 Å². The van der Waals surface area contributed by atoms with Gasteiger partial charge in [-0.25, -0.2) is 0 Å². The minimum atomic E-state index is -0.328. The summed E-state index contributed by atoms with van der Waals surface area (Å²) in [5, 5.41) is 6.27. The molecule has 0 unspecified atom stereocenters. The van der Waals surface area contributed by atoms with Crippen molar-refractivity contribution < 1.29 is 13.9 Å². The summed E-state index contributed by atoms with van der Waals surface area (Å²) in [5.74, 6) is 0.237. The number of ether oxygens (including phenoxy) is 1. The molecule has 0 saturated heterocycles. The van der Waals surface area contributed by atoms with Crippen LogP contribution in [0.3, 0.4) is 0 Å². The summed E-state index contributed by atoms with van der Waals surface area (Å²) in [4.78, 5) is 11.4. The fraction of sp³-hybridized carbons (Fsp3) is 0.0556. The molecule has 3 aromatic carbocycles. The summed E-state index contributed by atoms with van der Waals surface area (Å²) in [7, 11) is 0. The van der Waals surface area contributed by atoms with Gasteiger partial charge in [0.2, 0.25) is 0 Å². The number of hydrogen-bond acceptors (Lipinski definition) is 3. The molecule has 0 amide bonds. The summed E-state index contributed by atoms with van der Waals surface area (Å²) in [6.07, 6.45) is 3.28. The molecule has 0 spiro atoms. The Morgan fingerprint density at radius 1 is 0.952 bits per heavy atom. The van der Waals surface area contributed by atoms with Crippen LogP contribution in [-0.4, -0.2) is 5.97 Å². The van der Waals surface area contributed by atoms with Gasteiger partial charge in [0.25, 0.3) is 0 Å². The Hall–Kier alpha value is -2.81. The SMILES string of the molecule is CC(=O)Oc1cc2c3cccc3ccc2c2coccc12. The molecule has 4 rings (SSSR count). The van der Waals surface area contributed by atoms with Crippen LogP contribution in [-0.2, 0) is 4.79 Å². The summed E-state index contributed by atoms with van der Waals surface area (Å²) < 4.78 is 10.7. The molecule has 0 radical (unpaired) electrons. The van der Waals surface area contributed by atoms with E-state index in [1.165, 1.54) is 12.3 Å². The molecule has 102 valence electrons. The van der Waals surface area contributed by atoms with E-state index in [0.29, 0.717) is 5.75 Å². The van der Waals surface area contributed by atoms with Gasteiger partial charge >= 0.3 is 5.97 Å². The highest BCUT2D eigenvalue weighted by atomic mass is 16.5. The highest BCUT2D eigenvalue weighted by Gasteiger charge is 2.12. The van der Waals surface area contributed by atoms with Gasteiger partial charge in [-0.05, 0) is 33.7 Å². The second-order valence-electron chi connectivity index (χ2n) is 5.04. The van der Waals surface area contributed by atoms with Crippen LogP contribution in [0.5, 0.6) is 5.75 Å². The lowest BCUT2D eigenvalue weighted by atomic mass is 10.00. The van der Waals surface area contributed by atoms with Crippen molar-refractivity contribution in [2.45, 2.75) is 6.92 Å². The zero-order valence-electron chi connectivity index (χ0n) is 11.4. The van der Waals surface area contributed by atoms with Crippen molar-refractivity contribution in [1.82, 2.24) is 0 Å². The predicted octanol–water partition coefficient (Wildman–Crippen LogP) is 4.66. The van der Waals surface area contributed by atoms with Crippen LogP contribution in [0, 0.1) is 0 Å². The Kier molecular flexibility index (Phi) is 2.48. The first kappa shape index (κ1) is 12.0. The van der Waals surface area contributed by atoms with Crippen molar-refractivity contribution >= 4 is 38.3 Å². The third-order valence-corrected chi connectivity index (χ3v) is 3.73. The number of hydrogen-bond donors (Lipinski definition) is 0. The topological polar surface area (TPSA) is 39.4 Å². The first-order chi connectivity index (χ1) is 10.2. The maximum absolute atomic E-state index is 11.4. The van der Waals surface area contributed by atoms with E-state index in [4.69, 9.17) is 9.15 Å². The Bertz CT molecular complexity index is 995. The van der Waals surface area contributed by atoms with Gasteiger partial charge < -0.3 is 9.15 Å². The van der Waals surface area contributed by atoms with Crippen molar-refractivity contribution in [2.75, 3.05) is 0 Å². The standard InChI is InChI=1S/C18H12O3/c1-11(19)21-18-9-16-13-4-2-3-12(13)5-6-14(16)17-10-20-8-7-15(17)18/h2-10H,1H3. The van der Waals surface area contributed by atoms with E-state index in [9.17, 15) is 4.79 Å². The molecule has 21 heavy (non-hydrogen) atoms. The molecule has 0 aliphatic carbocycles. The van der Waals surface area contributed by atoms with E-state index in [-0.39, 0.29) is 5.97 Å². The quantitative estimate of drug-likeness (QED) is 0.288. The van der Waals surface area contributed by atoms with Gasteiger partial charge in [-0.15, -0.1) is 0 Å². The predicted molar refractivity (Wildman–Crippen MR) is 82.5 cm³/mol. The van der Waals surface area contributed by atoms with E-state index in [0.717, 1.165) is 26.9 Å². The van der Waals surface area contributed by atoms with Crippen LogP contribution < -0.4 is 4.74 Å². The van der Waals surface area contributed by atoms with Gasteiger partial charge in [-0.2, -0.15) is 0 Å². The lowest BCUT2D eigenvalue weighted by Crippen LogP contribution is -2.02. The molecule has 3 nitrogen and oxygen atoms in total. The second kappa shape index (κ2) is 4.35. The Balaban J connectivity index is 2.21. The molecule has 3 heteroatoms. The number of esters is 1. The van der Waals surface area contributed by atoms with Crippen LogP contribution >= 0.6 is 0 Å². The molecule has 0 atom stereocenters. The zero-order chi connectivity index (χ0) is 14.4. The molecule has 1 aromatic heterocycles. The zero-order valence-corrected chi connectivity index (χ0v) is 11.4. The van der Waals surface area contributed by atoms with E-state index in [1.807, 2.05) is 18.2 Å². The number of carbonyl (C=O) groups is 1. The summed E-state index contributed by atoms with van der Waals surface area (Å²) in [5.41, 5.74) is 0. The number of fused-ring (bicyclic) bond motifs is 5. The van der Waals surface area contributed by atoms with E-state index < -0.39 is 0 Å². The first-order valence-corrected chi connectivity index (χ1v) is 6.73. The molecule has 0 saturated carbocycles. The average molecular weight is 276 g/mol. The Morgan fingerprint density at radius 2 is 1.86 bits per heavy atom. The second-order valence-corrected chi connectivity index (χ2v) is 5.04. The highest BCUT2D eigenvalue weighted by Crippen LogP contribution is 2.37. The summed E-state index contributed by atoms with van der Waals surface area (Å²) in [6, 6.07) is 14.1. The molecule has 0 fully saturated rings. The Labute approximate surface area is 120 Å². The van der Waals surface area contributed by atoms with Crippen LogP contribution in [0.1, 0.15) is 6.92 Å². The molecule has 0 aliphatic rings. The van der Waals surface area contributed by atoms with Gasteiger partial charge in [0.15, 0.2) is 0 Å².